The minimum Gasteiger partial charge on any atom is -0.506 e. The zero-order valence-corrected chi connectivity index (χ0v) is 10.8. The maximum atomic E-state index is 11.1. The van der Waals surface area contributed by atoms with E-state index in [1.54, 1.807) is 24.3 Å². The molecule has 0 atom stereocenters. The molecule has 0 saturated carbocycles. The first-order valence-electron chi connectivity index (χ1n) is 5.58. The van der Waals surface area contributed by atoms with Crippen LogP contribution in [0.3, 0.4) is 0 Å². The van der Waals surface area contributed by atoms with Crippen LogP contribution in [0.2, 0.25) is 0 Å². The molecule has 1 aromatic heterocycles. The molecule has 8 heteroatoms. The zero-order chi connectivity index (χ0) is 14.3. The van der Waals surface area contributed by atoms with E-state index in [1.807, 2.05) is 0 Å². The standard InChI is InChI=1S/C12H9N3O4S/c16-12-6-5-8(20(17,18)19)7-11(12)15-13-9-3-1-2-4-10(9)14-15/h1-7,16H,(H,17,18,19). The molecule has 2 aromatic carbocycles. The number of fused-ring (bicyclic) bond motifs is 1. The van der Waals surface area contributed by atoms with Crippen LogP contribution in [0.5, 0.6) is 5.75 Å². The highest BCUT2D eigenvalue weighted by atomic mass is 32.2. The van der Waals surface area contributed by atoms with Crippen molar-refractivity contribution in [3.8, 4) is 11.4 Å². The van der Waals surface area contributed by atoms with Gasteiger partial charge in [-0.05, 0) is 30.3 Å². The third kappa shape index (κ3) is 2.10. The number of benzene rings is 2. The quantitative estimate of drug-likeness (QED) is 0.691. The Morgan fingerprint density at radius 3 is 2.15 bits per heavy atom. The largest absolute Gasteiger partial charge is 0.506 e. The van der Waals surface area contributed by atoms with Crippen LogP contribution in [0.15, 0.2) is 47.4 Å². The number of nitrogens with zero attached hydrogens (tertiary/aromatic N) is 3. The fourth-order valence-corrected chi connectivity index (χ4v) is 2.29. The lowest BCUT2D eigenvalue weighted by molar-refractivity contribution is 0.465. The van der Waals surface area contributed by atoms with Crippen molar-refractivity contribution in [1.29, 1.82) is 0 Å². The van der Waals surface area contributed by atoms with E-state index in [4.69, 9.17) is 4.55 Å². The smallest absolute Gasteiger partial charge is 0.294 e. The molecule has 1 heterocycles. The lowest BCUT2D eigenvalue weighted by atomic mass is 10.3. The summed E-state index contributed by atoms with van der Waals surface area (Å²) in [6.07, 6.45) is 0. The maximum Gasteiger partial charge on any atom is 0.294 e. The molecule has 0 bridgehead atoms. The summed E-state index contributed by atoms with van der Waals surface area (Å²) in [5.74, 6) is -0.197. The van der Waals surface area contributed by atoms with Gasteiger partial charge in [0, 0.05) is 0 Å². The Hall–Kier alpha value is -2.45. The second-order valence-electron chi connectivity index (χ2n) is 4.10. The Labute approximate surface area is 113 Å². The third-order valence-electron chi connectivity index (χ3n) is 2.75. The summed E-state index contributed by atoms with van der Waals surface area (Å²) in [4.78, 5) is 0.779. The van der Waals surface area contributed by atoms with E-state index in [2.05, 4.69) is 10.2 Å². The van der Waals surface area contributed by atoms with Crippen LogP contribution < -0.4 is 0 Å². The van der Waals surface area contributed by atoms with Crippen LogP contribution in [0.1, 0.15) is 0 Å². The normalized spacial score (nSPS) is 11.8. The predicted molar refractivity (Wildman–Crippen MR) is 70.3 cm³/mol. The molecular formula is C12H9N3O4S. The lowest BCUT2D eigenvalue weighted by Gasteiger charge is -2.04. The number of aromatic nitrogens is 3. The number of phenolic OH excluding ortho intramolecular Hbond substituents is 1. The van der Waals surface area contributed by atoms with Gasteiger partial charge in [0.1, 0.15) is 22.5 Å². The van der Waals surface area contributed by atoms with E-state index in [9.17, 15) is 13.5 Å². The fourth-order valence-electron chi connectivity index (χ4n) is 1.79. The van der Waals surface area contributed by atoms with Gasteiger partial charge in [0.25, 0.3) is 10.1 Å². The number of phenols is 1. The minimum atomic E-state index is -4.36. The molecule has 2 N–H and O–H groups in total. The molecular weight excluding hydrogens is 282 g/mol. The molecule has 0 saturated heterocycles. The second kappa shape index (κ2) is 4.29. The molecule has 0 spiro atoms. The van der Waals surface area contributed by atoms with Crippen LogP contribution in [0.4, 0.5) is 0 Å². The first kappa shape index (κ1) is 12.6. The van der Waals surface area contributed by atoms with Gasteiger partial charge in [-0.2, -0.15) is 8.42 Å². The molecule has 0 radical (unpaired) electrons. The van der Waals surface area contributed by atoms with Crippen molar-refractivity contribution < 1.29 is 18.1 Å². The van der Waals surface area contributed by atoms with Gasteiger partial charge in [0.05, 0.1) is 4.90 Å². The van der Waals surface area contributed by atoms with Crippen molar-refractivity contribution in [2.75, 3.05) is 0 Å². The molecule has 0 aliphatic carbocycles. The van der Waals surface area contributed by atoms with Gasteiger partial charge in [-0.1, -0.05) is 12.1 Å². The Bertz CT molecular complexity index is 869. The van der Waals surface area contributed by atoms with Gasteiger partial charge in [-0.3, -0.25) is 4.55 Å². The van der Waals surface area contributed by atoms with Crippen molar-refractivity contribution >= 4 is 21.2 Å². The molecule has 102 valence electrons. The van der Waals surface area contributed by atoms with Crippen LogP contribution >= 0.6 is 0 Å². The number of rotatable bonds is 2. The number of aromatic hydroxyl groups is 1. The monoisotopic (exact) mass is 291 g/mol. The molecule has 0 fully saturated rings. The summed E-state index contributed by atoms with van der Waals surface area (Å²) < 4.78 is 31.3. The molecule has 0 aliphatic heterocycles. The van der Waals surface area contributed by atoms with Gasteiger partial charge in [-0.25, -0.2) is 0 Å². The Morgan fingerprint density at radius 2 is 1.60 bits per heavy atom. The van der Waals surface area contributed by atoms with Crippen molar-refractivity contribution in [2.45, 2.75) is 4.90 Å². The van der Waals surface area contributed by atoms with E-state index in [1.165, 1.54) is 0 Å². The van der Waals surface area contributed by atoms with Crippen LogP contribution in [0.25, 0.3) is 16.7 Å². The summed E-state index contributed by atoms with van der Waals surface area (Å²) >= 11 is 0. The highest BCUT2D eigenvalue weighted by Crippen LogP contribution is 2.24. The van der Waals surface area contributed by atoms with E-state index in [-0.39, 0.29) is 16.3 Å². The average molecular weight is 291 g/mol. The molecule has 3 aromatic rings. The van der Waals surface area contributed by atoms with Gasteiger partial charge in [0.2, 0.25) is 0 Å². The minimum absolute atomic E-state index is 0.0660. The van der Waals surface area contributed by atoms with Crippen LogP contribution in [0, 0.1) is 0 Å². The third-order valence-corrected chi connectivity index (χ3v) is 3.60. The lowest BCUT2D eigenvalue weighted by Crippen LogP contribution is -2.03. The van der Waals surface area contributed by atoms with Crippen molar-refractivity contribution in [2.24, 2.45) is 0 Å². The topological polar surface area (TPSA) is 105 Å². The molecule has 20 heavy (non-hydrogen) atoms. The van der Waals surface area contributed by atoms with Crippen LogP contribution in [-0.2, 0) is 10.1 Å². The fraction of sp³-hybridized carbons (Fsp3) is 0. The van der Waals surface area contributed by atoms with Crippen LogP contribution in [-0.4, -0.2) is 33.1 Å². The zero-order valence-electron chi connectivity index (χ0n) is 10.0. The molecule has 7 nitrogen and oxygen atoms in total. The maximum absolute atomic E-state index is 11.1. The predicted octanol–water partition coefficient (Wildman–Crippen LogP) is 1.37. The van der Waals surface area contributed by atoms with Gasteiger partial charge in [-0.15, -0.1) is 15.0 Å². The second-order valence-corrected chi connectivity index (χ2v) is 5.53. The summed E-state index contributed by atoms with van der Waals surface area (Å²) in [6, 6.07) is 10.4. The van der Waals surface area contributed by atoms with Crippen molar-refractivity contribution in [1.82, 2.24) is 15.0 Å². The molecule has 0 unspecified atom stereocenters. The molecule has 0 aliphatic rings. The summed E-state index contributed by atoms with van der Waals surface area (Å²) in [7, 11) is -4.36. The highest BCUT2D eigenvalue weighted by molar-refractivity contribution is 7.85. The van der Waals surface area contributed by atoms with E-state index < -0.39 is 10.1 Å². The van der Waals surface area contributed by atoms with Gasteiger partial charge < -0.3 is 5.11 Å². The Balaban J connectivity index is 2.23. The van der Waals surface area contributed by atoms with Gasteiger partial charge in [0.15, 0.2) is 0 Å². The van der Waals surface area contributed by atoms with Crippen molar-refractivity contribution in [3.05, 3.63) is 42.5 Å². The van der Waals surface area contributed by atoms with E-state index in [0.29, 0.717) is 11.0 Å². The van der Waals surface area contributed by atoms with Gasteiger partial charge >= 0.3 is 0 Å². The molecule has 0 amide bonds. The first-order valence-corrected chi connectivity index (χ1v) is 7.02. The highest BCUT2D eigenvalue weighted by Gasteiger charge is 2.15. The Kier molecular flexibility index (Phi) is 2.70. The summed E-state index contributed by atoms with van der Waals surface area (Å²) in [6.45, 7) is 0. The van der Waals surface area contributed by atoms with E-state index in [0.717, 1.165) is 23.0 Å². The number of hydrogen-bond donors (Lipinski definition) is 2. The number of hydrogen-bond acceptors (Lipinski definition) is 5. The average Bonchev–Trinajstić information content (AvgIpc) is 2.81. The molecule has 3 rings (SSSR count). The first-order chi connectivity index (χ1) is 9.45. The Morgan fingerprint density at radius 1 is 1.00 bits per heavy atom. The summed E-state index contributed by atoms with van der Waals surface area (Å²) in [5, 5.41) is 18.1. The van der Waals surface area contributed by atoms with Crippen molar-refractivity contribution in [3.63, 3.8) is 0 Å². The summed E-state index contributed by atoms with van der Waals surface area (Å²) in [5.41, 5.74) is 1.27. The van der Waals surface area contributed by atoms with E-state index >= 15 is 0 Å². The SMILES string of the molecule is O=S(=O)(O)c1ccc(O)c(-n2nc3ccccc3n2)c1.